The van der Waals surface area contributed by atoms with Gasteiger partial charge in [-0.15, -0.1) is 6.58 Å². The minimum atomic E-state index is -0.280. The SMILES string of the molecule is C=CCC[C@@H](C)[C@H](OCc1ccc(OC)cc1)C(CCCOC1CCCCO1)B1O[C@@H]2C[C@@H]3C[C@@H](C3(C)C)[C@]2(C)O1. The van der Waals surface area contributed by atoms with Crippen LogP contribution in [0.2, 0.25) is 5.82 Å². The van der Waals surface area contributed by atoms with Crippen molar-refractivity contribution >= 4 is 7.12 Å². The molecule has 228 valence electrons. The summed E-state index contributed by atoms with van der Waals surface area (Å²) in [5.41, 5.74) is 1.21. The Labute approximate surface area is 249 Å². The first-order chi connectivity index (χ1) is 19.8. The summed E-state index contributed by atoms with van der Waals surface area (Å²) >= 11 is 0. The Hall–Kier alpha value is -1.38. The van der Waals surface area contributed by atoms with Crippen LogP contribution in [0.15, 0.2) is 36.9 Å². The zero-order chi connectivity index (χ0) is 29.0. The van der Waals surface area contributed by atoms with Crippen molar-refractivity contribution in [3.05, 3.63) is 42.5 Å². The molecular weight excluding hydrogens is 515 g/mol. The Kier molecular flexibility index (Phi) is 10.2. The van der Waals surface area contributed by atoms with Gasteiger partial charge < -0.3 is 28.3 Å². The molecule has 2 heterocycles. The van der Waals surface area contributed by atoms with E-state index in [4.69, 9.17) is 28.3 Å². The molecule has 3 saturated carbocycles. The second-order valence-corrected chi connectivity index (χ2v) is 13.8. The lowest BCUT2D eigenvalue weighted by Crippen LogP contribution is -2.65. The number of benzene rings is 1. The molecule has 3 aliphatic carbocycles. The van der Waals surface area contributed by atoms with Crippen molar-refractivity contribution in [3.8, 4) is 5.75 Å². The summed E-state index contributed by atoms with van der Waals surface area (Å²) in [7, 11) is 1.42. The third kappa shape index (κ3) is 6.75. The smallest absolute Gasteiger partial charge is 0.463 e. The molecule has 8 atom stereocenters. The van der Waals surface area contributed by atoms with E-state index in [0.29, 0.717) is 30.5 Å². The van der Waals surface area contributed by atoms with Crippen LogP contribution in [0.1, 0.15) is 91.0 Å². The first kappa shape index (κ1) is 31.1. The van der Waals surface area contributed by atoms with Gasteiger partial charge in [0.05, 0.1) is 31.5 Å². The van der Waals surface area contributed by atoms with Crippen LogP contribution >= 0.6 is 0 Å². The van der Waals surface area contributed by atoms with Crippen molar-refractivity contribution in [2.75, 3.05) is 20.3 Å². The fraction of sp³-hybridized carbons (Fsp3) is 0.765. The highest BCUT2D eigenvalue weighted by Gasteiger charge is 2.68. The lowest BCUT2D eigenvalue weighted by Gasteiger charge is -2.64. The van der Waals surface area contributed by atoms with E-state index in [2.05, 4.69) is 46.4 Å². The van der Waals surface area contributed by atoms with Crippen molar-refractivity contribution in [1.29, 1.82) is 0 Å². The fourth-order valence-corrected chi connectivity index (χ4v) is 8.08. The molecule has 2 aliphatic heterocycles. The Morgan fingerprint density at radius 2 is 1.93 bits per heavy atom. The van der Waals surface area contributed by atoms with Crippen LogP contribution in [0.5, 0.6) is 5.75 Å². The molecule has 1 aromatic carbocycles. The summed E-state index contributed by atoms with van der Waals surface area (Å²) in [5, 5.41) is 0. The summed E-state index contributed by atoms with van der Waals surface area (Å²) < 4.78 is 38.1. The van der Waals surface area contributed by atoms with Crippen LogP contribution in [0.4, 0.5) is 0 Å². The lowest BCUT2D eigenvalue weighted by molar-refractivity contribution is -0.199. The monoisotopic (exact) mass is 568 g/mol. The van der Waals surface area contributed by atoms with Gasteiger partial charge >= 0.3 is 7.12 Å². The van der Waals surface area contributed by atoms with E-state index >= 15 is 0 Å². The van der Waals surface area contributed by atoms with Crippen molar-refractivity contribution < 1.29 is 28.3 Å². The van der Waals surface area contributed by atoms with E-state index < -0.39 is 0 Å². The average molecular weight is 569 g/mol. The molecule has 6 nitrogen and oxygen atoms in total. The molecule has 2 unspecified atom stereocenters. The van der Waals surface area contributed by atoms with Gasteiger partial charge in [0.25, 0.3) is 0 Å². The van der Waals surface area contributed by atoms with Gasteiger partial charge in [0.1, 0.15) is 5.75 Å². The van der Waals surface area contributed by atoms with E-state index in [-0.39, 0.29) is 37.0 Å². The van der Waals surface area contributed by atoms with Crippen molar-refractivity contribution in [1.82, 2.24) is 0 Å². The van der Waals surface area contributed by atoms with Crippen LogP contribution in [0.25, 0.3) is 0 Å². The highest BCUT2D eigenvalue weighted by Crippen LogP contribution is 2.66. The van der Waals surface area contributed by atoms with Crippen molar-refractivity contribution in [2.24, 2.45) is 23.2 Å². The summed E-state index contributed by atoms with van der Waals surface area (Å²) in [6.07, 6.45) is 11.6. The highest BCUT2D eigenvalue weighted by molar-refractivity contribution is 6.47. The largest absolute Gasteiger partial charge is 0.497 e. The van der Waals surface area contributed by atoms with Crippen LogP contribution < -0.4 is 4.74 Å². The maximum Gasteiger partial charge on any atom is 0.463 e. The quantitative estimate of drug-likeness (QED) is 0.123. The first-order valence-corrected chi connectivity index (χ1v) is 16.2. The Bertz CT molecular complexity index is 978. The fourth-order valence-electron chi connectivity index (χ4n) is 8.08. The normalized spacial score (nSPS) is 32.5. The molecule has 5 fully saturated rings. The maximum absolute atomic E-state index is 7.06. The minimum Gasteiger partial charge on any atom is -0.497 e. The molecular formula is C34H53BO6. The van der Waals surface area contributed by atoms with Gasteiger partial charge in [0, 0.05) is 19.0 Å². The third-order valence-corrected chi connectivity index (χ3v) is 10.9. The van der Waals surface area contributed by atoms with Crippen LogP contribution in [0, 0.1) is 23.2 Å². The molecule has 2 saturated heterocycles. The average Bonchev–Trinajstić information content (AvgIpc) is 3.34. The minimum absolute atomic E-state index is 0.0141. The predicted octanol–water partition coefficient (Wildman–Crippen LogP) is 7.60. The van der Waals surface area contributed by atoms with Crippen molar-refractivity contribution in [3.63, 3.8) is 0 Å². The topological polar surface area (TPSA) is 55.4 Å². The number of allylic oxidation sites excluding steroid dienone is 1. The molecule has 5 aliphatic rings. The second kappa shape index (κ2) is 13.5. The number of rotatable bonds is 15. The molecule has 0 radical (unpaired) electrons. The van der Waals surface area contributed by atoms with Gasteiger partial charge in [0.15, 0.2) is 6.29 Å². The van der Waals surface area contributed by atoms with E-state index in [1.165, 1.54) is 12.8 Å². The van der Waals surface area contributed by atoms with Gasteiger partial charge in [-0.25, -0.2) is 0 Å². The maximum atomic E-state index is 7.06. The summed E-state index contributed by atoms with van der Waals surface area (Å²) in [5.74, 6) is 2.55. The molecule has 0 spiro atoms. The Balaban J connectivity index is 1.32. The standard InChI is InChI=1S/C34H53BO6/c1-7-8-12-24(2)32(39-23-25-15-17-27(36-6)18-16-25)28(13-11-20-38-31-14-9-10-19-37-31)35-40-30-22-26-21-29(33(26,3)4)34(30,5)41-35/h7,15-18,24,26,28-32H,1,8-14,19-23H2,2-6H3/t24-,26+,28?,29+,30-,31?,32+,34+/m1/s1. The Morgan fingerprint density at radius 3 is 2.61 bits per heavy atom. The van der Waals surface area contributed by atoms with Gasteiger partial charge in [-0.05, 0) is 106 Å². The number of methoxy groups -OCH3 is 1. The van der Waals surface area contributed by atoms with Gasteiger partial charge in [0.2, 0.25) is 0 Å². The second-order valence-electron chi connectivity index (χ2n) is 13.8. The summed E-state index contributed by atoms with van der Waals surface area (Å²) in [4.78, 5) is 0. The van der Waals surface area contributed by atoms with Crippen LogP contribution in [-0.2, 0) is 30.1 Å². The number of hydrogen-bond acceptors (Lipinski definition) is 6. The molecule has 41 heavy (non-hydrogen) atoms. The van der Waals surface area contributed by atoms with E-state index in [0.717, 1.165) is 68.8 Å². The van der Waals surface area contributed by atoms with Crippen molar-refractivity contribution in [2.45, 2.75) is 122 Å². The zero-order valence-electron chi connectivity index (χ0n) is 26.1. The van der Waals surface area contributed by atoms with Gasteiger partial charge in [-0.3, -0.25) is 0 Å². The molecule has 1 aromatic rings. The van der Waals surface area contributed by atoms with Crippen LogP contribution in [0.3, 0.4) is 0 Å². The van der Waals surface area contributed by atoms with Gasteiger partial charge in [-0.2, -0.15) is 0 Å². The lowest BCUT2D eigenvalue weighted by atomic mass is 9.43. The number of ether oxygens (including phenoxy) is 4. The van der Waals surface area contributed by atoms with E-state index in [1.807, 2.05) is 18.2 Å². The third-order valence-electron chi connectivity index (χ3n) is 10.9. The zero-order valence-corrected chi connectivity index (χ0v) is 26.1. The molecule has 6 rings (SSSR count). The van der Waals surface area contributed by atoms with E-state index in [1.54, 1.807) is 7.11 Å². The van der Waals surface area contributed by atoms with Crippen LogP contribution in [-0.4, -0.2) is 51.5 Å². The number of hydrogen-bond donors (Lipinski definition) is 0. The molecule has 0 amide bonds. The molecule has 0 N–H and O–H groups in total. The Morgan fingerprint density at radius 1 is 1.12 bits per heavy atom. The van der Waals surface area contributed by atoms with Gasteiger partial charge in [-0.1, -0.05) is 39.0 Å². The molecule has 0 aromatic heterocycles. The molecule has 2 bridgehead atoms. The summed E-state index contributed by atoms with van der Waals surface area (Å²) in [6.45, 7) is 15.5. The highest BCUT2D eigenvalue weighted by atomic mass is 16.7. The summed E-state index contributed by atoms with van der Waals surface area (Å²) in [6, 6.07) is 8.18. The molecule has 7 heteroatoms. The predicted molar refractivity (Wildman–Crippen MR) is 163 cm³/mol. The first-order valence-electron chi connectivity index (χ1n) is 16.2. The van der Waals surface area contributed by atoms with E-state index in [9.17, 15) is 0 Å².